The zero-order chi connectivity index (χ0) is 10.7. The SMILES string of the molecule is CCCc1c(C)nn(C)c1C(N)=NO. The van der Waals surface area contributed by atoms with Crippen molar-refractivity contribution in [1.82, 2.24) is 9.78 Å². The Bertz CT molecular complexity index is 354. The van der Waals surface area contributed by atoms with E-state index in [0.717, 1.165) is 24.1 Å². The Labute approximate surface area is 83.2 Å². The van der Waals surface area contributed by atoms with Crippen LogP contribution in [0, 0.1) is 6.92 Å². The van der Waals surface area contributed by atoms with Crippen LogP contribution >= 0.6 is 0 Å². The number of rotatable bonds is 3. The van der Waals surface area contributed by atoms with Crippen molar-refractivity contribution < 1.29 is 5.21 Å². The molecule has 1 rings (SSSR count). The smallest absolute Gasteiger partial charge is 0.188 e. The van der Waals surface area contributed by atoms with Crippen LogP contribution in [0.2, 0.25) is 0 Å². The maximum atomic E-state index is 8.64. The number of aryl methyl sites for hydroxylation is 2. The Morgan fingerprint density at radius 3 is 2.79 bits per heavy atom. The van der Waals surface area contributed by atoms with E-state index < -0.39 is 0 Å². The largest absolute Gasteiger partial charge is 0.409 e. The molecule has 0 unspecified atom stereocenters. The topological polar surface area (TPSA) is 76.4 Å². The summed E-state index contributed by atoms with van der Waals surface area (Å²) >= 11 is 0. The summed E-state index contributed by atoms with van der Waals surface area (Å²) in [5.41, 5.74) is 8.29. The van der Waals surface area contributed by atoms with Gasteiger partial charge in [-0.25, -0.2) is 0 Å². The molecule has 0 bridgehead atoms. The van der Waals surface area contributed by atoms with Gasteiger partial charge >= 0.3 is 0 Å². The zero-order valence-corrected chi connectivity index (χ0v) is 8.78. The van der Waals surface area contributed by atoms with Gasteiger partial charge in [0, 0.05) is 12.6 Å². The zero-order valence-electron chi connectivity index (χ0n) is 8.78. The molecule has 78 valence electrons. The van der Waals surface area contributed by atoms with Gasteiger partial charge in [0.05, 0.1) is 5.69 Å². The highest BCUT2D eigenvalue weighted by molar-refractivity contribution is 5.97. The lowest BCUT2D eigenvalue weighted by Gasteiger charge is -2.02. The molecule has 0 saturated heterocycles. The second kappa shape index (κ2) is 4.13. The summed E-state index contributed by atoms with van der Waals surface area (Å²) < 4.78 is 1.65. The predicted molar refractivity (Wildman–Crippen MR) is 54.5 cm³/mol. The molecular weight excluding hydrogens is 180 g/mol. The summed E-state index contributed by atoms with van der Waals surface area (Å²) in [6, 6.07) is 0. The lowest BCUT2D eigenvalue weighted by molar-refractivity contribution is 0.318. The van der Waals surface area contributed by atoms with E-state index in [2.05, 4.69) is 17.2 Å². The van der Waals surface area contributed by atoms with Crippen LogP contribution in [0.4, 0.5) is 0 Å². The second-order valence-electron chi connectivity index (χ2n) is 3.27. The highest BCUT2D eigenvalue weighted by Gasteiger charge is 2.15. The van der Waals surface area contributed by atoms with Gasteiger partial charge in [0.25, 0.3) is 0 Å². The maximum Gasteiger partial charge on any atom is 0.188 e. The van der Waals surface area contributed by atoms with Crippen molar-refractivity contribution in [3.05, 3.63) is 17.0 Å². The number of hydrogen-bond acceptors (Lipinski definition) is 3. The minimum Gasteiger partial charge on any atom is -0.409 e. The number of hydrogen-bond donors (Lipinski definition) is 2. The van der Waals surface area contributed by atoms with Gasteiger partial charge in [-0.2, -0.15) is 5.10 Å². The molecule has 0 saturated carbocycles. The van der Waals surface area contributed by atoms with E-state index in [1.165, 1.54) is 0 Å². The molecule has 0 aromatic carbocycles. The Hall–Kier alpha value is -1.52. The molecule has 0 radical (unpaired) electrons. The van der Waals surface area contributed by atoms with Crippen molar-refractivity contribution in [3.63, 3.8) is 0 Å². The third kappa shape index (κ3) is 1.71. The molecule has 0 spiro atoms. The molecule has 0 aliphatic heterocycles. The molecule has 0 fully saturated rings. The van der Waals surface area contributed by atoms with Crippen molar-refractivity contribution >= 4 is 5.84 Å². The average molecular weight is 196 g/mol. The first-order valence-corrected chi connectivity index (χ1v) is 4.62. The van der Waals surface area contributed by atoms with Crippen molar-refractivity contribution in [1.29, 1.82) is 0 Å². The first-order chi connectivity index (χ1) is 6.61. The molecule has 1 heterocycles. The summed E-state index contributed by atoms with van der Waals surface area (Å²) in [4.78, 5) is 0. The first-order valence-electron chi connectivity index (χ1n) is 4.62. The van der Waals surface area contributed by atoms with Gasteiger partial charge in [-0.15, -0.1) is 0 Å². The molecule has 3 N–H and O–H groups in total. The van der Waals surface area contributed by atoms with Crippen LogP contribution in [0.15, 0.2) is 5.16 Å². The number of nitrogens with two attached hydrogens (primary N) is 1. The van der Waals surface area contributed by atoms with E-state index in [9.17, 15) is 0 Å². The molecule has 5 heteroatoms. The van der Waals surface area contributed by atoms with Gasteiger partial charge < -0.3 is 10.9 Å². The third-order valence-electron chi connectivity index (χ3n) is 2.20. The summed E-state index contributed by atoms with van der Waals surface area (Å²) in [6.45, 7) is 4.02. The number of amidine groups is 1. The number of nitrogens with zero attached hydrogens (tertiary/aromatic N) is 3. The van der Waals surface area contributed by atoms with Crippen LogP contribution in [0.5, 0.6) is 0 Å². The number of aromatic nitrogens is 2. The normalized spacial score (nSPS) is 12.1. The van der Waals surface area contributed by atoms with Gasteiger partial charge in [-0.1, -0.05) is 18.5 Å². The van der Waals surface area contributed by atoms with Crippen molar-refractivity contribution in [2.75, 3.05) is 0 Å². The summed E-state index contributed by atoms with van der Waals surface area (Å²) in [6.07, 6.45) is 1.91. The van der Waals surface area contributed by atoms with E-state index in [1.54, 1.807) is 11.7 Å². The predicted octanol–water partition coefficient (Wildman–Crippen LogP) is 0.776. The average Bonchev–Trinajstić information content (AvgIpc) is 2.42. The molecule has 0 aliphatic rings. The van der Waals surface area contributed by atoms with Crippen LogP contribution < -0.4 is 5.73 Å². The van der Waals surface area contributed by atoms with E-state index in [-0.39, 0.29) is 5.84 Å². The van der Waals surface area contributed by atoms with Crippen LogP contribution in [-0.2, 0) is 13.5 Å². The molecule has 0 aliphatic carbocycles. The van der Waals surface area contributed by atoms with Gasteiger partial charge in [-0.05, 0) is 13.3 Å². The second-order valence-corrected chi connectivity index (χ2v) is 3.27. The van der Waals surface area contributed by atoms with Crippen LogP contribution in [0.25, 0.3) is 0 Å². The lowest BCUT2D eigenvalue weighted by atomic mass is 10.1. The first kappa shape index (κ1) is 10.6. The van der Waals surface area contributed by atoms with E-state index in [1.807, 2.05) is 6.92 Å². The van der Waals surface area contributed by atoms with Crippen LogP contribution in [0.1, 0.15) is 30.3 Å². The van der Waals surface area contributed by atoms with Gasteiger partial charge in [0.1, 0.15) is 5.69 Å². The fourth-order valence-electron chi connectivity index (χ4n) is 1.62. The monoisotopic (exact) mass is 196 g/mol. The third-order valence-corrected chi connectivity index (χ3v) is 2.20. The molecule has 1 aromatic heterocycles. The summed E-state index contributed by atoms with van der Waals surface area (Å²) in [5.74, 6) is 0.122. The number of oxime groups is 1. The lowest BCUT2D eigenvalue weighted by Crippen LogP contribution is -2.19. The van der Waals surface area contributed by atoms with Crippen LogP contribution in [-0.4, -0.2) is 20.8 Å². The quantitative estimate of drug-likeness (QED) is 0.324. The Morgan fingerprint density at radius 1 is 1.64 bits per heavy atom. The van der Waals surface area contributed by atoms with Gasteiger partial charge in [0.2, 0.25) is 0 Å². The fraction of sp³-hybridized carbons (Fsp3) is 0.556. The maximum absolute atomic E-state index is 8.64. The summed E-state index contributed by atoms with van der Waals surface area (Å²) in [7, 11) is 1.79. The van der Waals surface area contributed by atoms with E-state index in [0.29, 0.717) is 5.69 Å². The van der Waals surface area contributed by atoms with Crippen molar-refractivity contribution in [3.8, 4) is 0 Å². The van der Waals surface area contributed by atoms with Crippen LogP contribution in [0.3, 0.4) is 0 Å². The summed E-state index contributed by atoms with van der Waals surface area (Å²) in [5, 5.41) is 15.9. The molecule has 5 nitrogen and oxygen atoms in total. The van der Waals surface area contributed by atoms with Gasteiger partial charge in [-0.3, -0.25) is 4.68 Å². The molecule has 1 aromatic rings. The molecule has 0 atom stereocenters. The molecule has 14 heavy (non-hydrogen) atoms. The Kier molecular flexibility index (Phi) is 3.11. The molecular formula is C9H16N4O. The minimum atomic E-state index is 0.122. The standard InChI is InChI=1S/C9H16N4O/c1-4-5-7-6(2)11-13(3)8(7)9(10)12-14/h14H,4-5H2,1-3H3,(H2,10,12). The molecule has 0 amide bonds. The van der Waals surface area contributed by atoms with E-state index >= 15 is 0 Å². The fourth-order valence-corrected chi connectivity index (χ4v) is 1.62. The van der Waals surface area contributed by atoms with Crippen molar-refractivity contribution in [2.45, 2.75) is 26.7 Å². The highest BCUT2D eigenvalue weighted by Crippen LogP contribution is 2.14. The Balaban J connectivity index is 3.24. The Morgan fingerprint density at radius 2 is 2.29 bits per heavy atom. The van der Waals surface area contributed by atoms with Gasteiger partial charge in [0.15, 0.2) is 5.84 Å². The van der Waals surface area contributed by atoms with E-state index in [4.69, 9.17) is 10.9 Å². The highest BCUT2D eigenvalue weighted by atomic mass is 16.4. The minimum absolute atomic E-state index is 0.122. The van der Waals surface area contributed by atoms with Crippen molar-refractivity contribution in [2.24, 2.45) is 17.9 Å².